The van der Waals surface area contributed by atoms with Gasteiger partial charge in [-0.05, 0) is 25.5 Å². The smallest absolute Gasteiger partial charge is 0.271 e. The number of nitrogens with one attached hydrogen (secondary N) is 2. The first-order valence-corrected chi connectivity index (χ1v) is 8.13. The Hall–Kier alpha value is -1.87. The summed E-state index contributed by atoms with van der Waals surface area (Å²) in [6.45, 7) is 0.806. The molecular formula is C12H17N3O5S. The van der Waals surface area contributed by atoms with Gasteiger partial charge in [-0.1, -0.05) is 0 Å². The first kappa shape index (κ1) is 15.5. The van der Waals surface area contributed by atoms with Crippen LogP contribution in [0.5, 0.6) is 5.75 Å². The standard InChI is InChI=1S/C12H17N3O5S/c1-20-12-5-4-10(15(16)17)7-11(12)14-21(18,19)8-9-3-2-6-13-9/h4-5,7,9,13-14H,2-3,6,8H2,1H3. The summed E-state index contributed by atoms with van der Waals surface area (Å²) < 4.78 is 31.7. The van der Waals surface area contributed by atoms with Crippen LogP contribution in [0.3, 0.4) is 0 Å². The van der Waals surface area contributed by atoms with Gasteiger partial charge in [0, 0.05) is 18.2 Å². The zero-order valence-corrected chi connectivity index (χ0v) is 12.4. The number of sulfonamides is 1. The van der Waals surface area contributed by atoms with Crippen LogP contribution in [0.4, 0.5) is 11.4 Å². The van der Waals surface area contributed by atoms with E-state index in [1.807, 2.05) is 0 Å². The zero-order chi connectivity index (χ0) is 15.5. The number of non-ortho nitro benzene ring substituents is 1. The molecule has 1 heterocycles. The minimum atomic E-state index is -3.61. The fourth-order valence-electron chi connectivity index (χ4n) is 2.26. The molecule has 0 aromatic heterocycles. The minimum Gasteiger partial charge on any atom is -0.495 e. The minimum absolute atomic E-state index is 0.0706. The molecule has 0 aliphatic carbocycles. The lowest BCUT2D eigenvalue weighted by Gasteiger charge is -2.14. The Kier molecular flexibility index (Phi) is 4.63. The van der Waals surface area contributed by atoms with Crippen molar-refractivity contribution >= 4 is 21.4 Å². The highest BCUT2D eigenvalue weighted by Gasteiger charge is 2.23. The maximum absolute atomic E-state index is 12.1. The van der Waals surface area contributed by atoms with Gasteiger partial charge in [0.2, 0.25) is 10.0 Å². The molecule has 0 bridgehead atoms. The first-order valence-electron chi connectivity index (χ1n) is 6.47. The maximum atomic E-state index is 12.1. The molecule has 21 heavy (non-hydrogen) atoms. The Labute approximate surface area is 122 Å². The van der Waals surface area contributed by atoms with E-state index in [1.165, 1.54) is 19.2 Å². The number of benzene rings is 1. The zero-order valence-electron chi connectivity index (χ0n) is 11.5. The predicted molar refractivity (Wildman–Crippen MR) is 78.1 cm³/mol. The molecule has 1 atom stereocenters. The van der Waals surface area contributed by atoms with Crippen molar-refractivity contribution in [1.29, 1.82) is 0 Å². The average molecular weight is 315 g/mol. The van der Waals surface area contributed by atoms with Gasteiger partial charge in [-0.25, -0.2) is 8.42 Å². The lowest BCUT2D eigenvalue weighted by atomic mass is 10.2. The first-order chi connectivity index (χ1) is 9.91. The van der Waals surface area contributed by atoms with Gasteiger partial charge >= 0.3 is 0 Å². The summed E-state index contributed by atoms with van der Waals surface area (Å²) in [5.74, 6) is 0.169. The van der Waals surface area contributed by atoms with Crippen LogP contribution in [0.1, 0.15) is 12.8 Å². The average Bonchev–Trinajstić information content (AvgIpc) is 2.90. The van der Waals surface area contributed by atoms with Crippen molar-refractivity contribution in [2.45, 2.75) is 18.9 Å². The molecule has 1 fully saturated rings. The van der Waals surface area contributed by atoms with Gasteiger partial charge in [0.05, 0.1) is 23.5 Å². The van der Waals surface area contributed by atoms with E-state index in [9.17, 15) is 18.5 Å². The molecule has 1 saturated heterocycles. The van der Waals surface area contributed by atoms with Crippen LogP contribution in [-0.2, 0) is 10.0 Å². The number of methoxy groups -OCH3 is 1. The maximum Gasteiger partial charge on any atom is 0.271 e. The van der Waals surface area contributed by atoms with Crippen molar-refractivity contribution in [2.24, 2.45) is 0 Å². The number of nitro benzene ring substituents is 1. The van der Waals surface area contributed by atoms with E-state index < -0.39 is 14.9 Å². The van der Waals surface area contributed by atoms with Crippen molar-refractivity contribution in [1.82, 2.24) is 5.32 Å². The van der Waals surface area contributed by atoms with E-state index in [0.717, 1.165) is 25.5 Å². The number of anilines is 1. The molecule has 8 nitrogen and oxygen atoms in total. The second kappa shape index (κ2) is 6.27. The molecule has 2 N–H and O–H groups in total. The van der Waals surface area contributed by atoms with Crippen molar-refractivity contribution in [2.75, 3.05) is 24.1 Å². The lowest BCUT2D eigenvalue weighted by Crippen LogP contribution is -2.32. The lowest BCUT2D eigenvalue weighted by molar-refractivity contribution is -0.384. The summed E-state index contributed by atoms with van der Waals surface area (Å²) in [6.07, 6.45) is 1.74. The Morgan fingerprint density at radius 2 is 2.29 bits per heavy atom. The molecule has 1 aliphatic heterocycles. The Bertz CT molecular complexity index is 626. The highest BCUT2D eigenvalue weighted by atomic mass is 32.2. The highest BCUT2D eigenvalue weighted by Crippen LogP contribution is 2.29. The quantitative estimate of drug-likeness (QED) is 0.600. The number of rotatable bonds is 6. The van der Waals surface area contributed by atoms with Crippen LogP contribution in [0.2, 0.25) is 0 Å². The number of hydrogen-bond donors (Lipinski definition) is 2. The second-order valence-corrected chi connectivity index (χ2v) is 6.59. The van der Waals surface area contributed by atoms with E-state index in [-0.39, 0.29) is 28.9 Å². The molecule has 1 aromatic rings. The third-order valence-corrected chi connectivity index (χ3v) is 4.61. The fraction of sp³-hybridized carbons (Fsp3) is 0.500. The van der Waals surface area contributed by atoms with Crippen LogP contribution in [0.15, 0.2) is 18.2 Å². The van der Waals surface area contributed by atoms with Crippen LogP contribution in [0.25, 0.3) is 0 Å². The molecule has 9 heteroatoms. The topological polar surface area (TPSA) is 111 Å². The molecule has 1 unspecified atom stereocenters. The van der Waals surface area contributed by atoms with Gasteiger partial charge in [-0.3, -0.25) is 14.8 Å². The summed E-state index contributed by atoms with van der Waals surface area (Å²) in [5, 5.41) is 13.9. The SMILES string of the molecule is COc1ccc([N+](=O)[O-])cc1NS(=O)(=O)CC1CCCN1. The number of nitro groups is 1. The fourth-order valence-corrected chi connectivity index (χ4v) is 3.65. The monoisotopic (exact) mass is 315 g/mol. The van der Waals surface area contributed by atoms with Gasteiger partial charge in [-0.15, -0.1) is 0 Å². The van der Waals surface area contributed by atoms with E-state index in [0.29, 0.717) is 0 Å². The van der Waals surface area contributed by atoms with Crippen molar-refractivity contribution in [3.8, 4) is 5.75 Å². The van der Waals surface area contributed by atoms with E-state index in [1.54, 1.807) is 0 Å². The van der Waals surface area contributed by atoms with Gasteiger partial charge in [0.25, 0.3) is 5.69 Å². The molecule has 0 amide bonds. The third kappa shape index (κ3) is 4.05. The summed E-state index contributed by atoms with van der Waals surface area (Å²) in [4.78, 5) is 10.2. The van der Waals surface area contributed by atoms with Crippen LogP contribution in [0, 0.1) is 10.1 Å². The predicted octanol–water partition coefficient (Wildman–Crippen LogP) is 1.10. The molecule has 0 spiro atoms. The number of hydrogen-bond acceptors (Lipinski definition) is 6. The number of ether oxygens (including phenoxy) is 1. The Morgan fingerprint density at radius 3 is 2.86 bits per heavy atom. The molecule has 0 saturated carbocycles. The second-order valence-electron chi connectivity index (χ2n) is 4.82. The Morgan fingerprint density at radius 1 is 1.52 bits per heavy atom. The summed E-state index contributed by atoms with van der Waals surface area (Å²) >= 11 is 0. The molecule has 2 rings (SSSR count). The molecular weight excluding hydrogens is 298 g/mol. The summed E-state index contributed by atoms with van der Waals surface area (Å²) in [7, 11) is -2.24. The van der Waals surface area contributed by atoms with Gasteiger partial charge in [0.1, 0.15) is 5.75 Å². The van der Waals surface area contributed by atoms with Crippen LogP contribution >= 0.6 is 0 Å². The summed E-state index contributed by atoms with van der Waals surface area (Å²) in [5.41, 5.74) is -0.128. The third-order valence-electron chi connectivity index (χ3n) is 3.24. The van der Waals surface area contributed by atoms with E-state index in [4.69, 9.17) is 4.74 Å². The van der Waals surface area contributed by atoms with Crippen LogP contribution in [-0.4, -0.2) is 38.8 Å². The van der Waals surface area contributed by atoms with Crippen molar-refractivity contribution in [3.63, 3.8) is 0 Å². The van der Waals surface area contributed by atoms with Gasteiger partial charge < -0.3 is 10.1 Å². The molecule has 116 valence electrons. The van der Waals surface area contributed by atoms with Crippen molar-refractivity contribution < 1.29 is 18.1 Å². The highest BCUT2D eigenvalue weighted by molar-refractivity contribution is 7.92. The molecule has 1 aromatic carbocycles. The van der Waals surface area contributed by atoms with Crippen molar-refractivity contribution in [3.05, 3.63) is 28.3 Å². The van der Waals surface area contributed by atoms with E-state index >= 15 is 0 Å². The normalized spacial score (nSPS) is 18.4. The number of nitrogens with zero attached hydrogens (tertiary/aromatic N) is 1. The Balaban J connectivity index is 2.20. The summed E-state index contributed by atoms with van der Waals surface area (Å²) in [6, 6.07) is 3.68. The van der Waals surface area contributed by atoms with E-state index in [2.05, 4.69) is 10.0 Å². The van der Waals surface area contributed by atoms with Gasteiger partial charge in [0.15, 0.2) is 0 Å². The molecule has 1 aliphatic rings. The molecule has 0 radical (unpaired) electrons. The van der Waals surface area contributed by atoms with Gasteiger partial charge in [-0.2, -0.15) is 0 Å². The van der Waals surface area contributed by atoms with Crippen LogP contribution < -0.4 is 14.8 Å². The largest absolute Gasteiger partial charge is 0.495 e.